The van der Waals surface area contributed by atoms with Crippen molar-refractivity contribution < 1.29 is 9.84 Å². The zero-order valence-electron chi connectivity index (χ0n) is 15.2. The van der Waals surface area contributed by atoms with Crippen LogP contribution in [-0.4, -0.2) is 37.8 Å². The summed E-state index contributed by atoms with van der Waals surface area (Å²) >= 11 is 0. The van der Waals surface area contributed by atoms with Gasteiger partial charge in [-0.2, -0.15) is 0 Å². The largest absolute Gasteiger partial charge is 0.497 e. The zero-order valence-corrected chi connectivity index (χ0v) is 17.5. The number of nitrogens with one attached hydrogen (secondary N) is 2. The highest BCUT2D eigenvalue weighted by Gasteiger charge is 2.07. The van der Waals surface area contributed by atoms with E-state index in [1.54, 1.807) is 7.11 Å². The number of aliphatic hydroxyl groups is 1. The van der Waals surface area contributed by atoms with Gasteiger partial charge in [0.2, 0.25) is 0 Å². The number of ether oxygens (including phenoxy) is 1. The second-order valence-corrected chi connectivity index (χ2v) is 5.97. The van der Waals surface area contributed by atoms with Gasteiger partial charge in [0.1, 0.15) is 5.75 Å². The molecule has 0 radical (unpaired) electrons. The predicted molar refractivity (Wildman–Crippen MR) is 111 cm³/mol. The van der Waals surface area contributed by atoms with Gasteiger partial charge in [0.15, 0.2) is 5.96 Å². The summed E-state index contributed by atoms with van der Waals surface area (Å²) in [6.45, 7) is 8.50. The average Bonchev–Trinajstić information content (AvgIpc) is 2.56. The van der Waals surface area contributed by atoms with E-state index in [1.165, 1.54) is 6.42 Å². The van der Waals surface area contributed by atoms with Crippen LogP contribution in [0.15, 0.2) is 29.3 Å². The Morgan fingerprint density at radius 2 is 1.88 bits per heavy atom. The Hall–Kier alpha value is -1.02. The van der Waals surface area contributed by atoms with Crippen LogP contribution in [0, 0.1) is 5.92 Å². The minimum atomic E-state index is -0.618. The van der Waals surface area contributed by atoms with E-state index in [-0.39, 0.29) is 24.0 Å². The summed E-state index contributed by atoms with van der Waals surface area (Å²) in [6.07, 6.45) is 1.69. The normalized spacial score (nSPS) is 12.5. The molecule has 24 heavy (non-hydrogen) atoms. The van der Waals surface area contributed by atoms with Gasteiger partial charge in [0.05, 0.1) is 19.8 Å². The molecule has 0 aliphatic carbocycles. The van der Waals surface area contributed by atoms with Gasteiger partial charge in [0.25, 0.3) is 0 Å². The number of halogens is 1. The molecule has 1 aromatic rings. The van der Waals surface area contributed by atoms with E-state index in [4.69, 9.17) is 4.74 Å². The van der Waals surface area contributed by atoms with Crippen LogP contribution in [0.5, 0.6) is 5.75 Å². The first-order valence-electron chi connectivity index (χ1n) is 8.41. The van der Waals surface area contributed by atoms with Crippen LogP contribution >= 0.6 is 24.0 Å². The van der Waals surface area contributed by atoms with E-state index in [9.17, 15) is 5.11 Å². The van der Waals surface area contributed by atoms with Crippen molar-refractivity contribution in [2.45, 2.75) is 39.7 Å². The highest BCUT2D eigenvalue weighted by atomic mass is 127. The number of hydrogen-bond donors (Lipinski definition) is 3. The SMILES string of the molecule is CCNC(=NCC(O)c1ccc(OC)cc1)NCCCC(C)C.I. The first-order valence-corrected chi connectivity index (χ1v) is 8.41. The molecule has 0 aliphatic heterocycles. The monoisotopic (exact) mass is 449 g/mol. The fourth-order valence-corrected chi connectivity index (χ4v) is 2.17. The number of hydrogen-bond acceptors (Lipinski definition) is 3. The van der Waals surface area contributed by atoms with E-state index in [0.717, 1.165) is 36.8 Å². The van der Waals surface area contributed by atoms with Gasteiger partial charge < -0.3 is 20.5 Å². The lowest BCUT2D eigenvalue weighted by molar-refractivity contribution is 0.187. The molecule has 1 unspecified atom stereocenters. The molecular weight excluding hydrogens is 417 g/mol. The molecule has 6 heteroatoms. The molecule has 1 rings (SSSR count). The second-order valence-electron chi connectivity index (χ2n) is 5.97. The third-order valence-corrected chi connectivity index (χ3v) is 3.52. The molecule has 3 N–H and O–H groups in total. The van der Waals surface area contributed by atoms with Crippen molar-refractivity contribution in [2.75, 3.05) is 26.7 Å². The third-order valence-electron chi connectivity index (χ3n) is 3.52. The molecule has 138 valence electrons. The molecule has 1 atom stereocenters. The van der Waals surface area contributed by atoms with Crippen molar-refractivity contribution in [3.8, 4) is 5.75 Å². The van der Waals surface area contributed by atoms with Gasteiger partial charge in [-0.3, -0.25) is 4.99 Å². The average molecular weight is 449 g/mol. The summed E-state index contributed by atoms with van der Waals surface area (Å²) in [7, 11) is 1.63. The maximum atomic E-state index is 10.2. The minimum absolute atomic E-state index is 0. The number of benzene rings is 1. The Labute approximate surface area is 163 Å². The number of aliphatic imine (C=N–C) groups is 1. The summed E-state index contributed by atoms with van der Waals surface area (Å²) in [4.78, 5) is 4.46. The Balaban J connectivity index is 0.00000529. The highest BCUT2D eigenvalue weighted by Crippen LogP contribution is 2.17. The molecule has 0 heterocycles. The fraction of sp³-hybridized carbons (Fsp3) is 0.611. The Bertz CT molecular complexity index is 464. The Kier molecular flexibility index (Phi) is 12.7. The van der Waals surface area contributed by atoms with Crippen molar-refractivity contribution in [1.82, 2.24) is 10.6 Å². The van der Waals surface area contributed by atoms with Crippen LogP contribution in [0.2, 0.25) is 0 Å². The summed E-state index contributed by atoms with van der Waals surface area (Å²) in [5.74, 6) is 2.25. The van der Waals surface area contributed by atoms with E-state index in [0.29, 0.717) is 12.5 Å². The predicted octanol–water partition coefficient (Wildman–Crippen LogP) is 3.34. The fourth-order valence-electron chi connectivity index (χ4n) is 2.17. The van der Waals surface area contributed by atoms with E-state index in [2.05, 4.69) is 29.5 Å². The van der Waals surface area contributed by atoms with E-state index >= 15 is 0 Å². The molecule has 0 saturated carbocycles. The molecule has 0 spiro atoms. The lowest BCUT2D eigenvalue weighted by Gasteiger charge is -2.14. The minimum Gasteiger partial charge on any atom is -0.497 e. The molecule has 0 aliphatic rings. The van der Waals surface area contributed by atoms with E-state index in [1.807, 2.05) is 31.2 Å². The number of rotatable bonds is 9. The lowest BCUT2D eigenvalue weighted by Crippen LogP contribution is -2.38. The molecule has 0 aromatic heterocycles. The third kappa shape index (κ3) is 9.32. The van der Waals surface area contributed by atoms with Crippen molar-refractivity contribution >= 4 is 29.9 Å². The van der Waals surface area contributed by atoms with Gasteiger partial charge >= 0.3 is 0 Å². The number of nitrogens with zero attached hydrogens (tertiary/aromatic N) is 1. The van der Waals surface area contributed by atoms with Crippen LogP contribution in [-0.2, 0) is 0 Å². The molecular formula is C18H32IN3O2. The molecule has 0 fully saturated rings. The Morgan fingerprint density at radius 3 is 2.42 bits per heavy atom. The quantitative estimate of drug-likeness (QED) is 0.234. The van der Waals surface area contributed by atoms with Crippen LogP contribution in [0.1, 0.15) is 45.3 Å². The van der Waals surface area contributed by atoms with Gasteiger partial charge in [-0.15, -0.1) is 24.0 Å². The first-order chi connectivity index (χ1) is 11.1. The number of methoxy groups -OCH3 is 1. The maximum absolute atomic E-state index is 10.2. The molecule has 0 amide bonds. The number of aliphatic hydroxyl groups excluding tert-OH is 1. The summed E-state index contributed by atoms with van der Waals surface area (Å²) in [5.41, 5.74) is 0.838. The summed E-state index contributed by atoms with van der Waals surface area (Å²) in [6, 6.07) is 7.42. The van der Waals surface area contributed by atoms with Gasteiger partial charge in [-0.25, -0.2) is 0 Å². The van der Waals surface area contributed by atoms with Crippen LogP contribution in [0.3, 0.4) is 0 Å². The topological polar surface area (TPSA) is 65.9 Å². The molecule has 5 nitrogen and oxygen atoms in total. The molecule has 1 aromatic carbocycles. The van der Waals surface area contributed by atoms with E-state index < -0.39 is 6.10 Å². The lowest BCUT2D eigenvalue weighted by atomic mass is 10.1. The van der Waals surface area contributed by atoms with Crippen LogP contribution in [0.25, 0.3) is 0 Å². The molecule has 0 saturated heterocycles. The Morgan fingerprint density at radius 1 is 1.21 bits per heavy atom. The standard InChI is InChI=1S/C18H31N3O2.HI/c1-5-19-18(20-12-6-7-14(2)3)21-13-17(22)15-8-10-16(23-4)11-9-15;/h8-11,14,17,22H,5-7,12-13H2,1-4H3,(H2,19,20,21);1H. The summed E-state index contributed by atoms with van der Waals surface area (Å²) in [5, 5.41) is 16.8. The van der Waals surface area contributed by atoms with Crippen molar-refractivity contribution in [1.29, 1.82) is 0 Å². The second kappa shape index (κ2) is 13.3. The maximum Gasteiger partial charge on any atom is 0.191 e. The number of guanidine groups is 1. The van der Waals surface area contributed by atoms with Gasteiger partial charge in [0, 0.05) is 13.1 Å². The summed E-state index contributed by atoms with van der Waals surface area (Å²) < 4.78 is 5.12. The van der Waals surface area contributed by atoms with Crippen molar-refractivity contribution in [3.05, 3.63) is 29.8 Å². The van der Waals surface area contributed by atoms with Crippen molar-refractivity contribution in [2.24, 2.45) is 10.9 Å². The van der Waals surface area contributed by atoms with Crippen molar-refractivity contribution in [3.63, 3.8) is 0 Å². The van der Waals surface area contributed by atoms with Gasteiger partial charge in [-0.1, -0.05) is 26.0 Å². The highest BCUT2D eigenvalue weighted by molar-refractivity contribution is 14.0. The smallest absolute Gasteiger partial charge is 0.191 e. The first kappa shape index (κ1) is 23.0. The molecule has 0 bridgehead atoms. The van der Waals surface area contributed by atoms with Gasteiger partial charge in [-0.05, 0) is 43.4 Å². The zero-order chi connectivity index (χ0) is 17.1. The van der Waals surface area contributed by atoms with Crippen LogP contribution < -0.4 is 15.4 Å². The van der Waals surface area contributed by atoms with Crippen LogP contribution in [0.4, 0.5) is 0 Å².